The average molecular weight is 279 g/mol. The maximum atomic E-state index is 11.5. The molecule has 0 heterocycles. The van der Waals surface area contributed by atoms with Crippen molar-refractivity contribution in [3.63, 3.8) is 0 Å². The van der Waals surface area contributed by atoms with Crippen LogP contribution in [0.15, 0.2) is 24.3 Å². The van der Waals surface area contributed by atoms with Crippen LogP contribution in [-0.2, 0) is 9.84 Å². The lowest BCUT2D eigenvalue weighted by atomic mass is 10.1. The number of rotatable bonds is 5. The van der Waals surface area contributed by atoms with Crippen molar-refractivity contribution >= 4 is 21.4 Å². The Balaban J connectivity index is 2.92. The maximum Gasteiger partial charge on any atom is 0.169 e. The fourth-order valence-corrected chi connectivity index (χ4v) is 2.70. The van der Waals surface area contributed by atoms with Crippen LogP contribution in [0.1, 0.15) is 18.6 Å². The summed E-state index contributed by atoms with van der Waals surface area (Å²) in [6, 6.07) is 6.45. The monoisotopic (exact) mass is 278 g/mol. The van der Waals surface area contributed by atoms with Gasteiger partial charge in [-0.2, -0.15) is 0 Å². The van der Waals surface area contributed by atoms with E-state index in [9.17, 15) is 13.5 Å². The van der Waals surface area contributed by atoms with Crippen LogP contribution in [0.5, 0.6) is 5.75 Å². The summed E-state index contributed by atoms with van der Waals surface area (Å²) in [5, 5.41) is 9.87. The number of aliphatic hydroxyl groups is 1. The van der Waals surface area contributed by atoms with Gasteiger partial charge in [-0.15, -0.1) is 11.6 Å². The normalized spacial score (nSPS) is 15.3. The van der Waals surface area contributed by atoms with Crippen molar-refractivity contribution in [2.24, 2.45) is 0 Å². The Morgan fingerprint density at radius 3 is 2.29 bits per heavy atom. The average Bonchev–Trinajstić information content (AvgIpc) is 2.37. The number of benzene rings is 1. The third-order valence-electron chi connectivity index (χ3n) is 2.45. The minimum Gasteiger partial charge on any atom is -0.497 e. The van der Waals surface area contributed by atoms with Crippen LogP contribution >= 0.6 is 11.6 Å². The topological polar surface area (TPSA) is 63.6 Å². The molecule has 4 nitrogen and oxygen atoms in total. The molecule has 0 amide bonds. The Labute approximate surface area is 106 Å². The Morgan fingerprint density at radius 1 is 1.35 bits per heavy atom. The van der Waals surface area contributed by atoms with Crippen molar-refractivity contribution in [3.05, 3.63) is 29.8 Å². The van der Waals surface area contributed by atoms with Crippen LogP contribution in [-0.4, -0.2) is 31.1 Å². The zero-order chi connectivity index (χ0) is 13.1. The summed E-state index contributed by atoms with van der Waals surface area (Å²) in [6.45, 7) is 1.49. The number of ether oxygens (including phenoxy) is 1. The van der Waals surface area contributed by atoms with Crippen molar-refractivity contribution in [2.75, 3.05) is 12.9 Å². The maximum absolute atomic E-state index is 11.5. The van der Waals surface area contributed by atoms with Gasteiger partial charge >= 0.3 is 0 Å². The van der Waals surface area contributed by atoms with Crippen molar-refractivity contribution in [3.8, 4) is 5.75 Å². The molecule has 0 aromatic heterocycles. The molecule has 0 bridgehead atoms. The summed E-state index contributed by atoms with van der Waals surface area (Å²) in [5.74, 6) is 0.527. The summed E-state index contributed by atoms with van der Waals surface area (Å²) in [4.78, 5) is 0. The molecule has 0 saturated heterocycles. The molecular weight excluding hydrogens is 264 g/mol. The Kier molecular flexibility index (Phi) is 4.80. The molecule has 0 saturated carbocycles. The fourth-order valence-electron chi connectivity index (χ4n) is 1.31. The molecule has 0 radical (unpaired) electrons. The molecule has 1 rings (SSSR count). The number of hydrogen-bond acceptors (Lipinski definition) is 4. The first kappa shape index (κ1) is 14.3. The summed E-state index contributed by atoms with van der Waals surface area (Å²) < 4.78 is 26.7. The third-order valence-corrected chi connectivity index (χ3v) is 5.25. The van der Waals surface area contributed by atoms with Crippen LogP contribution in [0.25, 0.3) is 0 Å². The van der Waals surface area contributed by atoms with E-state index in [-0.39, 0.29) is 5.75 Å². The van der Waals surface area contributed by atoms with Crippen molar-refractivity contribution in [1.29, 1.82) is 0 Å². The lowest BCUT2D eigenvalue weighted by molar-refractivity contribution is 0.191. The number of hydrogen-bond donors (Lipinski definition) is 1. The SMILES string of the molecule is CCS(=O)(=O)C(Cl)C(O)c1ccc(OC)cc1. The van der Waals surface area contributed by atoms with E-state index in [0.29, 0.717) is 11.3 Å². The molecule has 6 heteroatoms. The molecule has 0 aliphatic rings. The summed E-state index contributed by atoms with van der Waals surface area (Å²) in [7, 11) is -1.95. The highest BCUT2D eigenvalue weighted by molar-refractivity contribution is 7.93. The lowest BCUT2D eigenvalue weighted by Gasteiger charge is -2.17. The molecule has 0 spiro atoms. The summed E-state index contributed by atoms with van der Waals surface area (Å²) in [5.41, 5.74) is 0.447. The van der Waals surface area contributed by atoms with Gasteiger partial charge in [-0.05, 0) is 17.7 Å². The number of alkyl halides is 1. The molecule has 0 aliphatic carbocycles. The highest BCUT2D eigenvalue weighted by Crippen LogP contribution is 2.27. The number of sulfone groups is 1. The fraction of sp³-hybridized carbons (Fsp3) is 0.455. The Bertz CT molecular complexity index is 455. The predicted octanol–water partition coefficient (Wildman–Crippen LogP) is 1.73. The van der Waals surface area contributed by atoms with Crippen molar-refractivity contribution in [1.82, 2.24) is 0 Å². The van der Waals surface area contributed by atoms with Gasteiger partial charge in [-0.1, -0.05) is 19.1 Å². The van der Waals surface area contributed by atoms with E-state index in [1.165, 1.54) is 14.0 Å². The number of aliphatic hydroxyl groups excluding tert-OH is 1. The van der Waals surface area contributed by atoms with Gasteiger partial charge in [0.25, 0.3) is 0 Å². The molecule has 1 aromatic rings. The van der Waals surface area contributed by atoms with Gasteiger partial charge in [0, 0.05) is 5.75 Å². The number of halogens is 1. The highest BCUT2D eigenvalue weighted by atomic mass is 35.5. The van der Waals surface area contributed by atoms with Gasteiger partial charge in [-0.3, -0.25) is 0 Å². The van der Waals surface area contributed by atoms with E-state index in [1.54, 1.807) is 24.3 Å². The second-order valence-corrected chi connectivity index (χ2v) is 6.66. The second-order valence-electron chi connectivity index (χ2n) is 3.52. The first-order valence-electron chi connectivity index (χ1n) is 5.10. The van der Waals surface area contributed by atoms with E-state index in [4.69, 9.17) is 16.3 Å². The lowest BCUT2D eigenvalue weighted by Crippen LogP contribution is -2.24. The Hall–Kier alpha value is -0.780. The highest BCUT2D eigenvalue weighted by Gasteiger charge is 2.29. The second kappa shape index (κ2) is 5.71. The molecule has 2 atom stereocenters. The van der Waals surface area contributed by atoms with Gasteiger partial charge < -0.3 is 9.84 Å². The van der Waals surface area contributed by atoms with Crippen LogP contribution in [0.3, 0.4) is 0 Å². The molecular formula is C11H15ClO4S. The van der Waals surface area contributed by atoms with Gasteiger partial charge in [-0.25, -0.2) is 8.42 Å². The molecule has 2 unspecified atom stereocenters. The van der Waals surface area contributed by atoms with Crippen molar-refractivity contribution in [2.45, 2.75) is 17.7 Å². The first-order valence-corrected chi connectivity index (χ1v) is 7.25. The molecule has 96 valence electrons. The summed E-state index contributed by atoms with van der Waals surface area (Å²) >= 11 is 5.76. The molecule has 1 aromatic carbocycles. The minimum absolute atomic E-state index is 0.103. The molecule has 1 N–H and O–H groups in total. The summed E-state index contributed by atoms with van der Waals surface area (Å²) in [6.07, 6.45) is -1.24. The van der Waals surface area contributed by atoms with Crippen LogP contribution < -0.4 is 4.74 Å². The van der Waals surface area contributed by atoms with Crippen LogP contribution in [0.2, 0.25) is 0 Å². The standard InChI is InChI=1S/C11H15ClO4S/c1-3-17(14,15)11(12)10(13)8-4-6-9(16-2)7-5-8/h4-7,10-11,13H,3H2,1-2H3. The molecule has 0 fully saturated rings. The largest absolute Gasteiger partial charge is 0.497 e. The van der Waals surface area contributed by atoms with E-state index in [2.05, 4.69) is 0 Å². The van der Waals surface area contributed by atoms with E-state index >= 15 is 0 Å². The van der Waals surface area contributed by atoms with Crippen LogP contribution in [0, 0.1) is 0 Å². The van der Waals surface area contributed by atoms with Gasteiger partial charge in [0.05, 0.1) is 7.11 Å². The quantitative estimate of drug-likeness (QED) is 0.833. The van der Waals surface area contributed by atoms with Gasteiger partial charge in [0.1, 0.15) is 11.9 Å². The van der Waals surface area contributed by atoms with Gasteiger partial charge in [0.15, 0.2) is 14.5 Å². The third kappa shape index (κ3) is 3.34. The minimum atomic E-state index is -3.48. The van der Waals surface area contributed by atoms with E-state index in [0.717, 1.165) is 0 Å². The predicted molar refractivity (Wildman–Crippen MR) is 67.1 cm³/mol. The molecule has 17 heavy (non-hydrogen) atoms. The smallest absolute Gasteiger partial charge is 0.169 e. The first-order chi connectivity index (χ1) is 7.92. The van der Waals surface area contributed by atoms with E-state index < -0.39 is 20.7 Å². The van der Waals surface area contributed by atoms with Crippen molar-refractivity contribution < 1.29 is 18.3 Å². The van der Waals surface area contributed by atoms with Crippen LogP contribution in [0.4, 0.5) is 0 Å². The number of methoxy groups -OCH3 is 1. The molecule has 0 aliphatic heterocycles. The van der Waals surface area contributed by atoms with Gasteiger partial charge in [0.2, 0.25) is 0 Å². The Morgan fingerprint density at radius 2 is 1.88 bits per heavy atom. The zero-order valence-corrected chi connectivity index (χ0v) is 11.2. The zero-order valence-electron chi connectivity index (χ0n) is 9.63. The van der Waals surface area contributed by atoms with E-state index in [1.807, 2.05) is 0 Å².